The summed E-state index contributed by atoms with van der Waals surface area (Å²) in [6, 6.07) is 7.64. The molecule has 1 amide bonds. The summed E-state index contributed by atoms with van der Waals surface area (Å²) >= 11 is 0. The number of nitriles is 1. The number of imidazole rings is 1. The minimum absolute atomic E-state index is 0.168. The van der Waals surface area contributed by atoms with Gasteiger partial charge < -0.3 is 18.8 Å². The lowest BCUT2D eigenvalue weighted by molar-refractivity contribution is 0.0724. The molecule has 0 spiro atoms. The highest BCUT2D eigenvalue weighted by Crippen LogP contribution is 2.34. The second-order valence-corrected chi connectivity index (χ2v) is 9.86. The average Bonchev–Trinajstić information content (AvgIpc) is 3.35. The molecule has 10 heteroatoms. The van der Waals surface area contributed by atoms with Crippen molar-refractivity contribution < 1.29 is 13.9 Å². The maximum Gasteiger partial charge on any atom is 0.286 e. The third kappa shape index (κ3) is 4.86. The van der Waals surface area contributed by atoms with Crippen molar-refractivity contribution in [3.63, 3.8) is 0 Å². The van der Waals surface area contributed by atoms with Gasteiger partial charge in [-0.2, -0.15) is 5.26 Å². The Hall–Kier alpha value is -4.78. The van der Waals surface area contributed by atoms with Crippen LogP contribution in [0.25, 0.3) is 11.1 Å². The van der Waals surface area contributed by atoms with E-state index in [9.17, 15) is 19.2 Å². The highest BCUT2D eigenvalue weighted by Gasteiger charge is 2.29. The van der Waals surface area contributed by atoms with Crippen molar-refractivity contribution >= 4 is 5.91 Å². The van der Waals surface area contributed by atoms with Crippen LogP contribution >= 0.6 is 0 Å². The molecule has 0 unspecified atom stereocenters. The number of nitrogens with zero attached hydrogens (tertiary/aromatic N) is 6. The zero-order valence-corrected chi connectivity index (χ0v) is 22.9. The summed E-state index contributed by atoms with van der Waals surface area (Å²) in [5.41, 5.74) is 4.03. The van der Waals surface area contributed by atoms with E-state index in [4.69, 9.17) is 4.74 Å². The minimum Gasteiger partial charge on any atom is -0.492 e. The Bertz CT molecular complexity index is 1730. The Morgan fingerprint density at radius 2 is 1.88 bits per heavy atom. The lowest BCUT2D eigenvalue weighted by Gasteiger charge is -2.31. The number of ether oxygens (including phenoxy) is 1. The molecule has 204 valence electrons. The van der Waals surface area contributed by atoms with Gasteiger partial charge in [0.15, 0.2) is 5.82 Å². The number of fused-ring (bicyclic) bond motifs is 1. The lowest BCUT2D eigenvalue weighted by Crippen LogP contribution is -2.37. The molecule has 4 aromatic rings. The Balaban J connectivity index is 1.58. The summed E-state index contributed by atoms with van der Waals surface area (Å²) in [7, 11) is 1.52. The highest BCUT2D eigenvalue weighted by atomic mass is 19.1. The van der Waals surface area contributed by atoms with Crippen molar-refractivity contribution in [2.24, 2.45) is 7.05 Å². The molecule has 0 N–H and O–H groups in total. The molecule has 0 radical (unpaired) electrons. The fourth-order valence-corrected chi connectivity index (χ4v) is 5.13. The number of aryl methyl sites for hydroxylation is 2. The average molecular weight is 541 g/mol. The van der Waals surface area contributed by atoms with Gasteiger partial charge in [0.05, 0.1) is 18.8 Å². The van der Waals surface area contributed by atoms with E-state index in [1.54, 1.807) is 30.3 Å². The van der Waals surface area contributed by atoms with Crippen molar-refractivity contribution in [2.45, 2.75) is 40.3 Å². The van der Waals surface area contributed by atoms with E-state index in [-0.39, 0.29) is 18.0 Å². The van der Waals surface area contributed by atoms with Gasteiger partial charge in [-0.3, -0.25) is 14.6 Å². The number of hydrogen-bond donors (Lipinski definition) is 0. The molecule has 0 saturated carbocycles. The van der Waals surface area contributed by atoms with E-state index in [1.807, 2.05) is 36.7 Å². The first kappa shape index (κ1) is 26.8. The fraction of sp³-hybridized carbons (Fsp3) is 0.300. The molecule has 9 nitrogen and oxygen atoms in total. The van der Waals surface area contributed by atoms with Crippen LogP contribution in [0.4, 0.5) is 4.39 Å². The molecule has 4 heterocycles. The van der Waals surface area contributed by atoms with Crippen LogP contribution in [0.1, 0.15) is 51.1 Å². The lowest BCUT2D eigenvalue weighted by atomic mass is 9.87. The van der Waals surface area contributed by atoms with E-state index in [0.717, 1.165) is 22.5 Å². The van der Waals surface area contributed by atoms with Crippen LogP contribution in [0.2, 0.25) is 0 Å². The van der Waals surface area contributed by atoms with Gasteiger partial charge in [-0.05, 0) is 61.6 Å². The zero-order valence-electron chi connectivity index (χ0n) is 22.9. The standard InChI is InChI=1S/C30H29FN6O3/c1-5-40-27-12-22(34-14-21(27)13-32)16-37-8-6-23-24(26-17-35(4)30(39)28(31)18(26)2)10-20(11-25(23)29(37)38)15-36-9-7-33-19(36)3/h7,9-12,14,17H,5-6,8,15-16H2,1-4H3. The summed E-state index contributed by atoms with van der Waals surface area (Å²) in [6.07, 6.45) is 7.22. The van der Waals surface area contributed by atoms with E-state index in [2.05, 4.69) is 16.0 Å². The maximum absolute atomic E-state index is 14.9. The number of carbonyl (C=O) groups is 1. The smallest absolute Gasteiger partial charge is 0.286 e. The van der Waals surface area contributed by atoms with Gasteiger partial charge in [0.1, 0.15) is 23.2 Å². The van der Waals surface area contributed by atoms with Crippen molar-refractivity contribution in [1.82, 2.24) is 24.0 Å². The van der Waals surface area contributed by atoms with Crippen LogP contribution in [-0.4, -0.2) is 43.1 Å². The molecular weight excluding hydrogens is 511 g/mol. The van der Waals surface area contributed by atoms with Gasteiger partial charge in [-0.15, -0.1) is 0 Å². The third-order valence-corrected chi connectivity index (χ3v) is 7.29. The predicted molar refractivity (Wildman–Crippen MR) is 146 cm³/mol. The van der Waals surface area contributed by atoms with Gasteiger partial charge in [0.2, 0.25) is 0 Å². The van der Waals surface area contributed by atoms with Crippen molar-refractivity contribution in [3.05, 3.63) is 98.5 Å². The number of benzene rings is 1. The van der Waals surface area contributed by atoms with Crippen LogP contribution < -0.4 is 10.3 Å². The Morgan fingerprint density at radius 3 is 2.58 bits per heavy atom. The second-order valence-electron chi connectivity index (χ2n) is 9.86. The van der Waals surface area contributed by atoms with Crippen molar-refractivity contribution in [3.8, 4) is 22.9 Å². The SMILES string of the molecule is CCOc1cc(CN2CCc3c(cc(Cn4ccnc4C)cc3-c3cn(C)c(=O)c(F)c3C)C2=O)ncc1C#N. The van der Waals surface area contributed by atoms with Gasteiger partial charge in [0, 0.05) is 62.1 Å². The summed E-state index contributed by atoms with van der Waals surface area (Å²) in [4.78, 5) is 36.5. The van der Waals surface area contributed by atoms with E-state index < -0.39 is 11.4 Å². The number of amides is 1. The molecule has 0 saturated heterocycles. The first-order valence-electron chi connectivity index (χ1n) is 13.0. The van der Waals surface area contributed by atoms with E-state index in [1.165, 1.54) is 17.8 Å². The Morgan fingerprint density at radius 1 is 1.10 bits per heavy atom. The molecule has 0 atom stereocenters. The molecule has 5 rings (SSSR count). The van der Waals surface area contributed by atoms with Gasteiger partial charge >= 0.3 is 0 Å². The molecule has 1 aromatic carbocycles. The molecule has 0 fully saturated rings. The Labute approximate surface area is 231 Å². The van der Waals surface area contributed by atoms with Gasteiger partial charge in [0.25, 0.3) is 11.5 Å². The third-order valence-electron chi connectivity index (χ3n) is 7.29. The van der Waals surface area contributed by atoms with Crippen LogP contribution in [0.3, 0.4) is 0 Å². The van der Waals surface area contributed by atoms with Gasteiger partial charge in [-0.1, -0.05) is 0 Å². The molecule has 3 aromatic heterocycles. The summed E-state index contributed by atoms with van der Waals surface area (Å²) < 4.78 is 23.7. The van der Waals surface area contributed by atoms with Crippen LogP contribution in [0, 0.1) is 31.0 Å². The summed E-state index contributed by atoms with van der Waals surface area (Å²) in [5, 5.41) is 9.35. The number of aromatic nitrogens is 4. The van der Waals surface area contributed by atoms with Crippen molar-refractivity contribution in [2.75, 3.05) is 13.2 Å². The number of pyridine rings is 2. The maximum atomic E-state index is 14.9. The first-order valence-corrected chi connectivity index (χ1v) is 13.0. The molecule has 0 bridgehead atoms. The molecule has 40 heavy (non-hydrogen) atoms. The number of halogens is 1. The van der Waals surface area contributed by atoms with E-state index in [0.29, 0.717) is 54.3 Å². The molecular formula is C30H29FN6O3. The number of carbonyl (C=O) groups excluding carboxylic acids is 1. The minimum atomic E-state index is -0.801. The van der Waals surface area contributed by atoms with Crippen molar-refractivity contribution in [1.29, 1.82) is 5.26 Å². The largest absolute Gasteiger partial charge is 0.492 e. The van der Waals surface area contributed by atoms with Crippen LogP contribution in [0.5, 0.6) is 5.75 Å². The molecule has 0 aliphatic carbocycles. The summed E-state index contributed by atoms with van der Waals surface area (Å²) in [5.74, 6) is 0.296. The highest BCUT2D eigenvalue weighted by molar-refractivity contribution is 5.99. The molecule has 1 aliphatic rings. The molecule has 1 aliphatic heterocycles. The Kier molecular flexibility index (Phi) is 7.22. The van der Waals surface area contributed by atoms with Gasteiger partial charge in [-0.25, -0.2) is 9.37 Å². The summed E-state index contributed by atoms with van der Waals surface area (Å²) in [6.45, 7) is 6.89. The number of hydrogen-bond acceptors (Lipinski definition) is 6. The fourth-order valence-electron chi connectivity index (χ4n) is 5.13. The number of rotatable bonds is 7. The first-order chi connectivity index (χ1) is 19.2. The van der Waals surface area contributed by atoms with Crippen LogP contribution in [-0.2, 0) is 26.6 Å². The topological polar surface area (TPSA) is 106 Å². The second kappa shape index (κ2) is 10.8. The van der Waals surface area contributed by atoms with Crippen LogP contribution in [0.15, 0.2) is 47.8 Å². The monoisotopic (exact) mass is 540 g/mol. The normalized spacial score (nSPS) is 12.8. The predicted octanol–water partition coefficient (Wildman–Crippen LogP) is 3.92. The van der Waals surface area contributed by atoms with E-state index >= 15 is 0 Å². The quantitative estimate of drug-likeness (QED) is 0.352. The zero-order chi connectivity index (χ0) is 28.6.